The lowest BCUT2D eigenvalue weighted by molar-refractivity contribution is -0.689. The van der Waals surface area contributed by atoms with Gasteiger partial charge in [0, 0.05) is 41.4 Å². The van der Waals surface area contributed by atoms with Crippen LogP contribution >= 0.6 is 23.1 Å². The van der Waals surface area contributed by atoms with Crippen LogP contribution in [0.5, 0.6) is 0 Å². The topological polar surface area (TPSA) is 154 Å². The van der Waals surface area contributed by atoms with E-state index in [1.54, 1.807) is 5.38 Å². The monoisotopic (exact) mass is 574 g/mol. The van der Waals surface area contributed by atoms with Gasteiger partial charge >= 0.3 is 5.97 Å². The predicted octanol–water partition coefficient (Wildman–Crippen LogP) is 1.03. The number of rotatable bonds is 11. The highest BCUT2D eigenvalue weighted by Crippen LogP contribution is 2.40. The second-order valence-corrected chi connectivity index (χ2v) is 11.3. The van der Waals surface area contributed by atoms with Crippen LogP contribution in [-0.2, 0) is 32.3 Å². The predicted molar refractivity (Wildman–Crippen MR) is 148 cm³/mol. The number of carbonyl (C=O) groups excluding carboxylic acids is 2. The van der Waals surface area contributed by atoms with Crippen molar-refractivity contribution in [3.05, 3.63) is 52.4 Å². The van der Waals surface area contributed by atoms with Crippen molar-refractivity contribution in [3.63, 3.8) is 0 Å². The number of aliphatic carboxylic acids is 1. The molecule has 4 N–H and O–H groups in total. The first kappa shape index (κ1) is 28.5. The number of carbonyl (C=O) groups is 3. The third-order valence-electron chi connectivity index (χ3n) is 6.55. The van der Waals surface area contributed by atoms with Gasteiger partial charge in [-0.3, -0.25) is 19.4 Å². The minimum atomic E-state index is -1.18. The average Bonchev–Trinajstić information content (AvgIpc) is 3.34. The molecule has 2 aromatic rings. The highest BCUT2D eigenvalue weighted by Gasteiger charge is 2.54. The van der Waals surface area contributed by atoms with Crippen LogP contribution in [0.25, 0.3) is 0 Å². The van der Waals surface area contributed by atoms with E-state index in [2.05, 4.69) is 41.1 Å². The maximum atomic E-state index is 13.1. The summed E-state index contributed by atoms with van der Waals surface area (Å²) in [4.78, 5) is 50.7. The lowest BCUT2D eigenvalue weighted by atomic mass is 10.0. The fraction of sp³-hybridized carbons (Fsp3) is 0.440. The molecular formula is C25H32N7O5S2+. The van der Waals surface area contributed by atoms with Crippen molar-refractivity contribution in [3.8, 4) is 0 Å². The number of fused-ring (bicyclic) bond motifs is 1. The summed E-state index contributed by atoms with van der Waals surface area (Å²) < 4.78 is 1.91. The van der Waals surface area contributed by atoms with E-state index in [1.807, 2.05) is 29.1 Å². The first-order valence-electron chi connectivity index (χ1n) is 12.4. The molecule has 2 aliphatic heterocycles. The van der Waals surface area contributed by atoms with Gasteiger partial charge in [0.1, 0.15) is 29.9 Å². The number of anilines is 1. The van der Waals surface area contributed by atoms with E-state index in [9.17, 15) is 19.5 Å². The van der Waals surface area contributed by atoms with Gasteiger partial charge in [0.05, 0.1) is 0 Å². The van der Waals surface area contributed by atoms with Crippen LogP contribution in [0.4, 0.5) is 5.13 Å². The van der Waals surface area contributed by atoms with Crippen molar-refractivity contribution >= 4 is 51.7 Å². The van der Waals surface area contributed by atoms with E-state index in [-0.39, 0.29) is 22.2 Å². The van der Waals surface area contributed by atoms with E-state index >= 15 is 0 Å². The molecule has 0 bridgehead atoms. The maximum Gasteiger partial charge on any atom is 0.352 e. The Morgan fingerprint density at radius 2 is 2.10 bits per heavy atom. The summed E-state index contributed by atoms with van der Waals surface area (Å²) in [6.45, 7) is 8.57. The highest BCUT2D eigenvalue weighted by molar-refractivity contribution is 8.00. The van der Waals surface area contributed by atoms with Crippen molar-refractivity contribution in [2.75, 3.05) is 25.1 Å². The summed E-state index contributed by atoms with van der Waals surface area (Å²) in [6, 6.07) is 3.58. The van der Waals surface area contributed by atoms with E-state index in [1.165, 1.54) is 29.3 Å². The average molecular weight is 575 g/mol. The van der Waals surface area contributed by atoms with Gasteiger partial charge in [-0.05, 0) is 26.0 Å². The number of oxime groups is 1. The first-order chi connectivity index (χ1) is 18.6. The zero-order chi connectivity index (χ0) is 28.3. The van der Waals surface area contributed by atoms with Crippen molar-refractivity contribution < 1.29 is 28.9 Å². The number of thiazole rings is 1. The number of nitrogens with one attached hydrogen (secondary N) is 1. The SMILES string of the molecule is CCN(Cc1cc[n+](CC2=C(C(=O)O)N3C(=O)[C@@H](NC(=O)C(=NOC)c4csc(N)n4)[C@H]3SC2)cc1)C(C)C. The summed E-state index contributed by atoms with van der Waals surface area (Å²) >= 11 is 2.54. The Morgan fingerprint density at radius 3 is 2.67 bits per heavy atom. The van der Waals surface area contributed by atoms with Gasteiger partial charge in [0.2, 0.25) is 0 Å². The summed E-state index contributed by atoms with van der Waals surface area (Å²) in [5.41, 5.74) is 7.51. The number of amides is 2. The van der Waals surface area contributed by atoms with E-state index in [0.29, 0.717) is 23.9 Å². The summed E-state index contributed by atoms with van der Waals surface area (Å²) in [7, 11) is 1.29. The standard InChI is InChI=1S/C25H31N7O5S2/c1-5-31(14(2)3)10-15-6-8-30(9-7-15)11-16-12-38-23-19(22(34)32(23)20(16)24(35)36)28-21(33)18(29-37-4)17-13-39-25(26)27-17/h6-9,13-14,19,23H,5,10-12H2,1-4H3,(H3-,26,27,28,33,35,36)/p+1/t19-,23-/m1/s1. The Kier molecular flexibility index (Phi) is 8.87. The third-order valence-corrected chi connectivity index (χ3v) is 8.57. The molecule has 0 spiro atoms. The summed E-state index contributed by atoms with van der Waals surface area (Å²) in [5, 5.41) is 17.7. The smallest absolute Gasteiger partial charge is 0.352 e. The molecule has 2 atom stereocenters. The molecule has 39 heavy (non-hydrogen) atoms. The molecule has 12 nitrogen and oxygen atoms in total. The van der Waals surface area contributed by atoms with Gasteiger partial charge in [0.25, 0.3) is 11.8 Å². The van der Waals surface area contributed by atoms with Gasteiger partial charge in [-0.1, -0.05) is 12.1 Å². The molecule has 2 amide bonds. The van der Waals surface area contributed by atoms with Crippen molar-refractivity contribution in [1.82, 2.24) is 20.1 Å². The Bertz CT molecular complexity index is 1310. The molecule has 4 rings (SSSR count). The number of aromatic nitrogens is 2. The largest absolute Gasteiger partial charge is 0.477 e. The molecule has 4 heterocycles. The molecule has 208 valence electrons. The van der Waals surface area contributed by atoms with Crippen LogP contribution in [0.15, 0.2) is 46.3 Å². The molecule has 1 saturated heterocycles. The normalized spacial score (nSPS) is 19.3. The summed E-state index contributed by atoms with van der Waals surface area (Å²) in [5.74, 6) is -1.95. The Balaban J connectivity index is 1.47. The van der Waals surface area contributed by atoms with Gasteiger partial charge < -0.3 is 21.0 Å². The second kappa shape index (κ2) is 12.1. The van der Waals surface area contributed by atoms with Gasteiger partial charge in [-0.2, -0.15) is 0 Å². The molecule has 0 radical (unpaired) electrons. The number of nitrogens with two attached hydrogens (primary N) is 1. The van der Waals surface area contributed by atoms with E-state index in [4.69, 9.17) is 10.6 Å². The number of β-lactam (4-membered cyclic amide) rings is 1. The number of nitrogen functional groups attached to an aromatic ring is 1. The molecule has 0 aromatic carbocycles. The number of nitrogens with zero attached hydrogens (tertiary/aromatic N) is 5. The number of hydrogen-bond acceptors (Lipinski definition) is 10. The Hall–Kier alpha value is -3.49. The second-order valence-electron chi connectivity index (χ2n) is 9.35. The lowest BCUT2D eigenvalue weighted by Gasteiger charge is -2.49. The van der Waals surface area contributed by atoms with Gasteiger partial charge in [-0.15, -0.1) is 23.1 Å². The van der Waals surface area contributed by atoms with Crippen LogP contribution in [-0.4, -0.2) is 80.3 Å². The maximum absolute atomic E-state index is 13.1. The minimum absolute atomic E-state index is 0.0409. The van der Waals surface area contributed by atoms with Crippen LogP contribution in [0, 0.1) is 0 Å². The fourth-order valence-corrected chi connectivity index (χ4v) is 6.40. The molecular weight excluding hydrogens is 542 g/mol. The van der Waals surface area contributed by atoms with Crippen molar-refractivity contribution in [1.29, 1.82) is 0 Å². The lowest BCUT2D eigenvalue weighted by Crippen LogP contribution is -2.71. The molecule has 14 heteroatoms. The fourth-order valence-electron chi connectivity index (χ4n) is 4.52. The molecule has 0 unspecified atom stereocenters. The molecule has 0 saturated carbocycles. The molecule has 1 fully saturated rings. The first-order valence-corrected chi connectivity index (χ1v) is 14.3. The Labute approximate surface area is 234 Å². The van der Waals surface area contributed by atoms with Gasteiger partial charge in [-0.25, -0.2) is 14.3 Å². The van der Waals surface area contributed by atoms with E-state index in [0.717, 1.165) is 24.4 Å². The summed E-state index contributed by atoms with van der Waals surface area (Å²) in [6.07, 6.45) is 3.85. The number of pyridine rings is 1. The Morgan fingerprint density at radius 1 is 1.38 bits per heavy atom. The minimum Gasteiger partial charge on any atom is -0.477 e. The third kappa shape index (κ3) is 6.07. The number of carboxylic acids is 1. The number of thioether (sulfide) groups is 1. The van der Waals surface area contributed by atoms with Crippen LogP contribution in [0.1, 0.15) is 32.0 Å². The van der Waals surface area contributed by atoms with E-state index < -0.39 is 29.2 Å². The van der Waals surface area contributed by atoms with Gasteiger partial charge in [0.15, 0.2) is 29.8 Å². The van der Waals surface area contributed by atoms with Crippen LogP contribution in [0.2, 0.25) is 0 Å². The zero-order valence-corrected chi connectivity index (χ0v) is 23.8. The van der Waals surface area contributed by atoms with Crippen LogP contribution in [0.3, 0.4) is 0 Å². The number of carboxylic acid groups (broad SMARTS) is 1. The highest BCUT2D eigenvalue weighted by atomic mass is 32.2. The van der Waals surface area contributed by atoms with Crippen molar-refractivity contribution in [2.45, 2.75) is 51.3 Å². The van der Waals surface area contributed by atoms with Crippen LogP contribution < -0.4 is 15.6 Å². The van der Waals surface area contributed by atoms with Crippen molar-refractivity contribution in [2.24, 2.45) is 5.16 Å². The zero-order valence-electron chi connectivity index (χ0n) is 22.2. The quantitative estimate of drug-likeness (QED) is 0.155. The molecule has 2 aromatic heterocycles. The molecule has 2 aliphatic rings. The molecule has 0 aliphatic carbocycles. The number of hydrogen-bond donors (Lipinski definition) is 3.